The van der Waals surface area contributed by atoms with E-state index in [9.17, 15) is 145 Å². The van der Waals surface area contributed by atoms with Gasteiger partial charge in [-0.25, -0.2) is 0 Å². The lowest BCUT2D eigenvalue weighted by molar-refractivity contribution is -0.490. The Morgan fingerprint density at radius 3 is 0.464 bits per heavy atom. The third kappa shape index (κ3) is 5.87. The molecule has 0 atom stereocenters. The summed E-state index contributed by atoms with van der Waals surface area (Å²) < 4.78 is 462. The molecule has 0 heterocycles. The summed E-state index contributed by atoms with van der Waals surface area (Å²) >= 11 is 0. The molecule has 0 aliphatic heterocycles. The second-order valence-electron chi connectivity index (χ2n) is 10.3. The molecule has 0 bridgehead atoms. The molecular weight excluding hydrogens is 931 g/mol. The van der Waals surface area contributed by atoms with Crippen molar-refractivity contribution in [2.75, 3.05) is 21.3 Å². The van der Waals surface area contributed by atoms with E-state index in [0.29, 0.717) is 0 Å². The maximum Gasteiger partial charge on any atom is 0.581 e. The largest absolute Gasteiger partial charge is 0.581 e. The van der Waals surface area contributed by atoms with Gasteiger partial charge in [-0.2, -0.15) is 145 Å². The van der Waals surface area contributed by atoms with E-state index in [2.05, 4.69) is 13.3 Å². The van der Waals surface area contributed by atoms with Gasteiger partial charge in [0.15, 0.2) is 0 Å². The quantitative estimate of drug-likeness (QED) is 0.101. The highest BCUT2D eigenvalue weighted by atomic mass is 28.4. The van der Waals surface area contributed by atoms with Crippen molar-refractivity contribution in [1.82, 2.24) is 0 Å². The van der Waals surface area contributed by atoms with Crippen molar-refractivity contribution in [3.8, 4) is 0 Å². The molecule has 56 heavy (non-hydrogen) atoms. The van der Waals surface area contributed by atoms with Crippen LogP contribution < -0.4 is 0 Å². The van der Waals surface area contributed by atoms with Crippen LogP contribution >= 0.6 is 0 Å². The molecule has 0 aliphatic carbocycles. The highest BCUT2D eigenvalue weighted by molar-refractivity contribution is 6.63. The van der Waals surface area contributed by atoms with Crippen LogP contribution in [0, 0.1) is 0 Å². The molecule has 0 spiro atoms. The maximum atomic E-state index is 14.3. The van der Waals surface area contributed by atoms with Crippen LogP contribution in [0.3, 0.4) is 0 Å². The molecule has 0 aliphatic rings. The van der Waals surface area contributed by atoms with E-state index in [4.69, 9.17) is 0 Å². The Hall–Kier alpha value is -2.21. The first-order valence-corrected chi connectivity index (χ1v) is 13.8. The Morgan fingerprint density at radius 2 is 0.339 bits per heavy atom. The number of hydrogen-bond acceptors (Lipinski definition) is 3. The van der Waals surface area contributed by atoms with Crippen LogP contribution in [0.5, 0.6) is 0 Å². The molecule has 0 unspecified atom stereocenters. The average molecular weight is 940 g/mol. The van der Waals surface area contributed by atoms with E-state index in [1.165, 1.54) is 0 Å². The van der Waals surface area contributed by atoms with Crippen molar-refractivity contribution in [3.05, 3.63) is 0 Å². The van der Waals surface area contributed by atoms with Crippen molar-refractivity contribution in [1.29, 1.82) is 0 Å². The number of halogens is 33. The lowest BCUT2D eigenvalue weighted by Crippen LogP contribution is -2.80. The highest BCUT2D eigenvalue weighted by Gasteiger charge is 3.02. The zero-order chi connectivity index (χ0) is 46.6. The number of hydrogen-bond donors (Lipinski definition) is 0. The van der Waals surface area contributed by atoms with Gasteiger partial charge in [-0.15, -0.1) is 0 Å². The van der Waals surface area contributed by atoms with Crippen LogP contribution in [0.1, 0.15) is 0 Å². The minimum Gasteiger partial charge on any atom is -0.373 e. The summed E-state index contributed by atoms with van der Waals surface area (Å²) in [5, 5.41) is 0. The van der Waals surface area contributed by atoms with E-state index in [1.807, 2.05) is 0 Å². The molecule has 37 heteroatoms. The van der Waals surface area contributed by atoms with E-state index < -0.39 is 103 Å². The summed E-state index contributed by atoms with van der Waals surface area (Å²) in [4.78, 5) is 0. The van der Waals surface area contributed by atoms with Gasteiger partial charge >= 0.3 is 103 Å². The van der Waals surface area contributed by atoms with E-state index in [-0.39, 0.29) is 21.3 Å². The second-order valence-corrected chi connectivity index (χ2v) is 13.2. The standard InChI is InChI=1S/C19H9F33O3Si/c1-53-56(54-2,55-3)19(51,52)17(46,47)15(42,43)13(38,39)11(34,35)9(30,31)7(26,27)5(22,23)4(20,21)6(24,25)8(28,29)10(32,33)12(36,37)14(40,41)16(44,45)18(48,49)50/h1-3H3. The predicted molar refractivity (Wildman–Crippen MR) is 107 cm³/mol. The van der Waals surface area contributed by atoms with Crippen LogP contribution in [-0.4, -0.2) is 125 Å². The summed E-state index contributed by atoms with van der Waals surface area (Å²) in [5.74, 6) is -136. The van der Waals surface area contributed by atoms with Crippen LogP contribution in [0.25, 0.3) is 0 Å². The van der Waals surface area contributed by atoms with E-state index in [1.54, 1.807) is 0 Å². The Bertz CT molecular complexity index is 1320. The topological polar surface area (TPSA) is 27.7 Å². The molecule has 0 aromatic heterocycles. The number of rotatable bonds is 18. The van der Waals surface area contributed by atoms with Crippen LogP contribution in [-0.2, 0) is 13.3 Å². The van der Waals surface area contributed by atoms with Crippen molar-refractivity contribution in [3.63, 3.8) is 0 Å². The SMILES string of the molecule is CO[Si](OC)(OC)C(F)(F)C(F)(F)C(F)(F)C(F)(F)C(F)(F)C(F)(F)C(F)(F)C(F)(F)C(F)(F)C(F)(F)C(F)(F)C(F)(F)C(F)(F)C(F)(F)C(F)(F)C(F)(F)F. The van der Waals surface area contributed by atoms with Gasteiger partial charge in [0.2, 0.25) is 0 Å². The fraction of sp³-hybridized carbons (Fsp3) is 1.00. The molecule has 0 aromatic carbocycles. The lowest BCUT2D eigenvalue weighted by Gasteiger charge is -2.47. The smallest absolute Gasteiger partial charge is 0.373 e. The molecule has 0 fully saturated rings. The maximum absolute atomic E-state index is 14.3. The zero-order valence-corrected chi connectivity index (χ0v) is 26.2. The highest BCUT2D eigenvalue weighted by Crippen LogP contribution is 2.70. The van der Waals surface area contributed by atoms with Crippen molar-refractivity contribution in [2.45, 2.75) is 94.6 Å². The monoisotopic (exact) mass is 940 g/mol. The molecule has 3 nitrogen and oxygen atoms in total. The third-order valence-electron chi connectivity index (χ3n) is 7.07. The summed E-state index contributed by atoms with van der Waals surface area (Å²) in [6.45, 7) is 0. The summed E-state index contributed by atoms with van der Waals surface area (Å²) in [6.07, 6.45) is -8.40. The fourth-order valence-electron chi connectivity index (χ4n) is 3.57. The normalized spacial score (nSPS) is 17.1. The van der Waals surface area contributed by atoms with E-state index >= 15 is 0 Å². The van der Waals surface area contributed by atoms with Crippen molar-refractivity contribution in [2.24, 2.45) is 0 Å². The van der Waals surface area contributed by atoms with Gasteiger partial charge in [-0.05, 0) is 0 Å². The Kier molecular flexibility index (Phi) is 12.9. The predicted octanol–water partition coefficient (Wildman–Crippen LogP) is 10.5. The minimum absolute atomic E-state index is 0.329. The average Bonchev–Trinajstić information content (AvgIpc) is 2.99. The molecule has 0 radical (unpaired) electrons. The second kappa shape index (κ2) is 13.4. The fourth-order valence-corrected chi connectivity index (χ4v) is 5.38. The minimum atomic E-state index is -10.2. The molecule has 0 saturated heterocycles. The van der Waals surface area contributed by atoms with E-state index in [0.717, 1.165) is 0 Å². The van der Waals surface area contributed by atoms with Crippen LogP contribution in [0.2, 0.25) is 0 Å². The summed E-state index contributed by atoms with van der Waals surface area (Å²) in [6, 6.07) is 0. The van der Waals surface area contributed by atoms with Gasteiger partial charge in [0, 0.05) is 21.3 Å². The zero-order valence-electron chi connectivity index (χ0n) is 25.2. The van der Waals surface area contributed by atoms with Crippen molar-refractivity contribution >= 4 is 8.80 Å². The molecule has 0 amide bonds. The number of alkyl halides is 33. The Labute approximate surface area is 284 Å². The summed E-state index contributed by atoms with van der Waals surface area (Å²) in [7, 11) is -8.16. The van der Waals surface area contributed by atoms with Crippen molar-refractivity contribution < 1.29 is 158 Å². The molecular formula is C19H9F33O3Si. The lowest BCUT2D eigenvalue weighted by atomic mass is 9.83. The molecule has 0 aromatic rings. The molecule has 0 saturated carbocycles. The van der Waals surface area contributed by atoms with Gasteiger partial charge in [-0.3, -0.25) is 0 Å². The van der Waals surface area contributed by atoms with Gasteiger partial charge in [0.1, 0.15) is 0 Å². The third-order valence-corrected chi connectivity index (χ3v) is 9.76. The molecule has 0 rings (SSSR count). The first kappa shape index (κ1) is 53.8. The van der Waals surface area contributed by atoms with Gasteiger partial charge in [0.25, 0.3) is 0 Å². The van der Waals surface area contributed by atoms with Gasteiger partial charge < -0.3 is 13.3 Å². The Morgan fingerprint density at radius 1 is 0.214 bits per heavy atom. The van der Waals surface area contributed by atoms with Gasteiger partial charge in [-0.1, -0.05) is 0 Å². The molecule has 0 N–H and O–H groups in total. The summed E-state index contributed by atoms with van der Waals surface area (Å²) in [5.41, 5.74) is -7.46. The first-order valence-electron chi connectivity index (χ1n) is 12.1. The van der Waals surface area contributed by atoms with Gasteiger partial charge in [0.05, 0.1) is 0 Å². The van der Waals surface area contributed by atoms with Crippen LogP contribution in [0.4, 0.5) is 145 Å². The first-order chi connectivity index (χ1) is 23.7. The Balaban J connectivity index is 7.85. The van der Waals surface area contributed by atoms with Crippen LogP contribution in [0.15, 0.2) is 0 Å². The molecule has 338 valence electrons.